The van der Waals surface area contributed by atoms with Gasteiger partial charge >= 0.3 is 0 Å². The number of hydrogen-bond donors (Lipinski definition) is 2. The highest BCUT2D eigenvalue weighted by atomic mass is 16.3. The summed E-state index contributed by atoms with van der Waals surface area (Å²) in [6.45, 7) is 2.09. The van der Waals surface area contributed by atoms with Crippen molar-refractivity contribution in [2.75, 3.05) is 19.7 Å². The topological polar surface area (TPSA) is 56.0 Å². The van der Waals surface area contributed by atoms with Crippen LogP contribution in [-0.4, -0.2) is 24.8 Å². The van der Waals surface area contributed by atoms with Crippen molar-refractivity contribution < 1.29 is 5.11 Å². The highest BCUT2D eigenvalue weighted by Crippen LogP contribution is 1.90. The van der Waals surface area contributed by atoms with Gasteiger partial charge in [0.1, 0.15) is 0 Å². The van der Waals surface area contributed by atoms with Gasteiger partial charge < -0.3 is 10.4 Å². The van der Waals surface area contributed by atoms with Crippen molar-refractivity contribution in [3.05, 3.63) is 0 Å². The molecule has 0 radical (unpaired) electrons. The van der Waals surface area contributed by atoms with Crippen molar-refractivity contribution in [1.82, 2.24) is 5.32 Å². The largest absolute Gasteiger partial charge is 0.396 e. The van der Waals surface area contributed by atoms with Crippen LogP contribution < -0.4 is 5.32 Å². The molecule has 0 saturated heterocycles. The van der Waals surface area contributed by atoms with E-state index in [1.54, 1.807) is 0 Å². The molecule has 0 aliphatic heterocycles. The second-order valence-electron chi connectivity index (χ2n) is 2.44. The zero-order chi connectivity index (χ0) is 8.36. The van der Waals surface area contributed by atoms with Gasteiger partial charge in [0, 0.05) is 13.0 Å². The van der Waals surface area contributed by atoms with Gasteiger partial charge in [-0.3, -0.25) is 0 Å². The Bertz CT molecular complexity index is 109. The zero-order valence-corrected chi connectivity index (χ0v) is 6.84. The predicted molar refractivity (Wildman–Crippen MR) is 44.0 cm³/mol. The van der Waals surface area contributed by atoms with Crippen molar-refractivity contribution in [3.63, 3.8) is 0 Å². The first kappa shape index (κ1) is 10.4. The first-order valence-electron chi connectivity index (χ1n) is 4.10. The van der Waals surface area contributed by atoms with Gasteiger partial charge in [0.05, 0.1) is 6.07 Å². The van der Waals surface area contributed by atoms with E-state index in [9.17, 15) is 0 Å². The number of unbranched alkanes of at least 4 members (excludes halogenated alkanes) is 2. The minimum absolute atomic E-state index is 0.255. The van der Waals surface area contributed by atoms with E-state index in [1.165, 1.54) is 0 Å². The number of hydrogen-bond acceptors (Lipinski definition) is 3. The van der Waals surface area contributed by atoms with E-state index < -0.39 is 0 Å². The van der Waals surface area contributed by atoms with Crippen LogP contribution in [0.3, 0.4) is 0 Å². The first-order chi connectivity index (χ1) is 5.41. The molecule has 11 heavy (non-hydrogen) atoms. The third-order valence-corrected chi connectivity index (χ3v) is 1.40. The lowest BCUT2D eigenvalue weighted by Crippen LogP contribution is -2.17. The number of aliphatic hydroxyl groups excluding tert-OH is 1. The highest BCUT2D eigenvalue weighted by Gasteiger charge is 1.87. The second kappa shape index (κ2) is 9.41. The Labute approximate surface area is 68.0 Å². The predicted octanol–water partition coefficient (Wildman–Crippen LogP) is 0.652. The average Bonchev–Trinajstić information content (AvgIpc) is 2.03. The minimum Gasteiger partial charge on any atom is -0.396 e. The van der Waals surface area contributed by atoms with Gasteiger partial charge in [0.25, 0.3) is 0 Å². The number of aliphatic hydroxyl groups is 1. The molecular formula is C8H16N2O. The molecule has 0 rings (SSSR count). The summed E-state index contributed by atoms with van der Waals surface area (Å²) in [6.07, 6.45) is 3.50. The molecule has 0 amide bonds. The Morgan fingerprint density at radius 1 is 1.18 bits per heavy atom. The smallest absolute Gasteiger partial charge is 0.0621 e. The van der Waals surface area contributed by atoms with E-state index in [-0.39, 0.29) is 6.61 Å². The molecule has 0 heterocycles. The van der Waals surface area contributed by atoms with Gasteiger partial charge in [-0.05, 0) is 32.4 Å². The SMILES string of the molecule is N#CCCCCNCCCO. The van der Waals surface area contributed by atoms with Crippen molar-refractivity contribution >= 4 is 0 Å². The average molecular weight is 156 g/mol. The van der Waals surface area contributed by atoms with Gasteiger partial charge in [-0.15, -0.1) is 0 Å². The highest BCUT2D eigenvalue weighted by molar-refractivity contribution is 4.68. The second-order valence-corrected chi connectivity index (χ2v) is 2.44. The third kappa shape index (κ3) is 9.41. The standard InChI is InChI=1S/C8H16N2O/c9-5-2-1-3-6-10-7-4-8-11/h10-11H,1-4,6-8H2. The van der Waals surface area contributed by atoms with Crippen LogP contribution >= 0.6 is 0 Å². The van der Waals surface area contributed by atoms with E-state index in [0.29, 0.717) is 6.42 Å². The van der Waals surface area contributed by atoms with Crippen LogP contribution in [0.15, 0.2) is 0 Å². The molecule has 3 nitrogen and oxygen atoms in total. The van der Waals surface area contributed by atoms with Crippen LogP contribution in [0, 0.1) is 11.3 Å². The maximum atomic E-state index is 8.42. The monoisotopic (exact) mass is 156 g/mol. The molecule has 0 aromatic rings. The normalized spacial score (nSPS) is 9.45. The van der Waals surface area contributed by atoms with E-state index >= 15 is 0 Å². The van der Waals surface area contributed by atoms with E-state index in [2.05, 4.69) is 11.4 Å². The summed E-state index contributed by atoms with van der Waals surface area (Å²) in [6, 6.07) is 2.10. The molecule has 2 N–H and O–H groups in total. The maximum Gasteiger partial charge on any atom is 0.0621 e. The quantitative estimate of drug-likeness (QED) is 0.532. The molecule has 0 fully saturated rings. The summed E-state index contributed by atoms with van der Waals surface area (Å²) >= 11 is 0. The van der Waals surface area contributed by atoms with Crippen LogP contribution in [0.5, 0.6) is 0 Å². The molecule has 0 aromatic heterocycles. The van der Waals surface area contributed by atoms with Crippen molar-refractivity contribution in [3.8, 4) is 6.07 Å². The molecule has 0 aliphatic carbocycles. The summed E-state index contributed by atoms with van der Waals surface area (Å²) in [7, 11) is 0. The number of rotatable bonds is 7. The molecule has 0 atom stereocenters. The molecule has 0 saturated carbocycles. The third-order valence-electron chi connectivity index (χ3n) is 1.40. The van der Waals surface area contributed by atoms with Crippen LogP contribution in [-0.2, 0) is 0 Å². The fraction of sp³-hybridized carbons (Fsp3) is 0.875. The molecular weight excluding hydrogens is 140 g/mol. The fourth-order valence-corrected chi connectivity index (χ4v) is 0.783. The Hall–Kier alpha value is -0.590. The maximum absolute atomic E-state index is 8.42. The molecule has 0 aliphatic rings. The molecule has 3 heteroatoms. The Kier molecular flexibility index (Phi) is 8.91. The molecule has 0 spiro atoms. The van der Waals surface area contributed by atoms with Gasteiger partial charge in [-0.2, -0.15) is 5.26 Å². The first-order valence-corrected chi connectivity index (χ1v) is 4.10. The molecule has 64 valence electrons. The molecule has 0 bridgehead atoms. The summed E-state index contributed by atoms with van der Waals surface area (Å²) in [5.41, 5.74) is 0. The zero-order valence-electron chi connectivity index (χ0n) is 6.84. The van der Waals surface area contributed by atoms with Gasteiger partial charge in [-0.1, -0.05) is 0 Å². The molecule has 0 unspecified atom stereocenters. The van der Waals surface area contributed by atoms with Gasteiger partial charge in [0.2, 0.25) is 0 Å². The summed E-state index contributed by atoms with van der Waals surface area (Å²) in [4.78, 5) is 0. The minimum atomic E-state index is 0.255. The fourth-order valence-electron chi connectivity index (χ4n) is 0.783. The van der Waals surface area contributed by atoms with Crippen LogP contribution in [0.25, 0.3) is 0 Å². The summed E-state index contributed by atoms with van der Waals surface area (Å²) in [5, 5.41) is 19.8. The summed E-state index contributed by atoms with van der Waals surface area (Å²) in [5.74, 6) is 0. The van der Waals surface area contributed by atoms with Crippen LogP contribution in [0.4, 0.5) is 0 Å². The van der Waals surface area contributed by atoms with Crippen molar-refractivity contribution in [2.45, 2.75) is 25.7 Å². The Morgan fingerprint density at radius 2 is 1.91 bits per heavy atom. The lowest BCUT2D eigenvalue weighted by Gasteiger charge is -2.00. The Morgan fingerprint density at radius 3 is 2.55 bits per heavy atom. The van der Waals surface area contributed by atoms with Gasteiger partial charge in [-0.25, -0.2) is 0 Å². The lowest BCUT2D eigenvalue weighted by atomic mass is 10.2. The molecule has 0 aromatic carbocycles. The number of nitriles is 1. The van der Waals surface area contributed by atoms with E-state index in [0.717, 1.165) is 32.4 Å². The summed E-state index contributed by atoms with van der Waals surface area (Å²) < 4.78 is 0. The van der Waals surface area contributed by atoms with Gasteiger partial charge in [0.15, 0.2) is 0 Å². The van der Waals surface area contributed by atoms with E-state index in [1.807, 2.05) is 0 Å². The van der Waals surface area contributed by atoms with Crippen molar-refractivity contribution in [2.24, 2.45) is 0 Å². The van der Waals surface area contributed by atoms with E-state index in [4.69, 9.17) is 10.4 Å². The lowest BCUT2D eigenvalue weighted by molar-refractivity contribution is 0.286. The number of nitrogens with zero attached hydrogens (tertiary/aromatic N) is 1. The van der Waals surface area contributed by atoms with Crippen LogP contribution in [0.2, 0.25) is 0 Å². The van der Waals surface area contributed by atoms with Crippen molar-refractivity contribution in [1.29, 1.82) is 5.26 Å². The Balaban J connectivity index is 2.75. The van der Waals surface area contributed by atoms with Crippen LogP contribution in [0.1, 0.15) is 25.7 Å². The number of nitrogens with one attached hydrogen (secondary N) is 1.